The number of aliphatic hydroxyl groups excluding tert-OH is 1. The van der Waals surface area contributed by atoms with Crippen molar-refractivity contribution in [3.8, 4) is 0 Å². The molecule has 2 bridgehead atoms. The topological polar surface area (TPSA) is 79.2 Å². The lowest BCUT2D eigenvalue weighted by Gasteiger charge is -2.61. The van der Waals surface area contributed by atoms with Crippen molar-refractivity contribution in [3.05, 3.63) is 22.3 Å². The first-order valence-electron chi connectivity index (χ1n) is 11.1. The van der Waals surface area contributed by atoms with Crippen LogP contribution in [0, 0.1) is 16.7 Å². The fourth-order valence-electron chi connectivity index (χ4n) is 7.45. The first kappa shape index (κ1) is 19.7. The molecule has 5 aliphatic rings. The van der Waals surface area contributed by atoms with Crippen LogP contribution in [0.5, 0.6) is 0 Å². The number of nitrogens with zero attached hydrogens (tertiary/aromatic N) is 1. The normalized spacial score (nSPS) is 44.3. The zero-order valence-electron chi connectivity index (χ0n) is 17.8. The van der Waals surface area contributed by atoms with Crippen LogP contribution in [0.1, 0.15) is 51.9 Å². The standard InChI is InChI=1S/C23H33NO5/c1-4-23(27)8-7-21(13-29-23)14-9-18(25)16-6-5-15-17(20(26)28-3)10-22(21,19(15)16)12-24(2)11-14/h14,18,25,27H,4-13H2,1-3H3/t14-,18+,21-,22-,23+/m1/s1. The molecular weight excluding hydrogens is 370 g/mol. The van der Waals surface area contributed by atoms with E-state index in [9.17, 15) is 15.0 Å². The molecule has 6 heteroatoms. The molecule has 0 saturated carbocycles. The molecule has 0 aromatic carbocycles. The van der Waals surface area contributed by atoms with Gasteiger partial charge in [-0.1, -0.05) is 6.92 Å². The zero-order chi connectivity index (χ0) is 20.6. The van der Waals surface area contributed by atoms with Crippen LogP contribution in [0.15, 0.2) is 22.3 Å². The Bertz CT molecular complexity index is 806. The Labute approximate surface area is 172 Å². The third-order valence-corrected chi connectivity index (χ3v) is 8.85. The van der Waals surface area contributed by atoms with Crippen molar-refractivity contribution in [2.75, 3.05) is 33.9 Å². The lowest BCUT2D eigenvalue weighted by molar-refractivity contribution is -0.284. The van der Waals surface area contributed by atoms with Crippen molar-refractivity contribution in [2.24, 2.45) is 16.7 Å². The second kappa shape index (κ2) is 6.39. The Morgan fingerprint density at radius 3 is 2.79 bits per heavy atom. The van der Waals surface area contributed by atoms with Crippen LogP contribution in [-0.4, -0.2) is 66.8 Å². The van der Waals surface area contributed by atoms with Crippen LogP contribution in [0.25, 0.3) is 0 Å². The summed E-state index contributed by atoms with van der Waals surface area (Å²) in [5.41, 5.74) is 3.89. The van der Waals surface area contributed by atoms with Crippen LogP contribution in [-0.2, 0) is 14.3 Å². The van der Waals surface area contributed by atoms with Crippen molar-refractivity contribution >= 4 is 5.97 Å². The summed E-state index contributed by atoms with van der Waals surface area (Å²) in [6.07, 6.45) is 4.64. The van der Waals surface area contributed by atoms with E-state index in [4.69, 9.17) is 9.47 Å². The van der Waals surface area contributed by atoms with E-state index in [1.54, 1.807) is 0 Å². The van der Waals surface area contributed by atoms with Crippen LogP contribution in [0.4, 0.5) is 0 Å². The number of hydrogen-bond donors (Lipinski definition) is 2. The van der Waals surface area contributed by atoms with Crippen LogP contribution in [0.3, 0.4) is 0 Å². The number of piperidine rings is 1. The van der Waals surface area contributed by atoms with Gasteiger partial charge in [0.25, 0.3) is 0 Å². The second-order valence-electron chi connectivity index (χ2n) is 10.00. The van der Waals surface area contributed by atoms with E-state index < -0.39 is 11.9 Å². The number of carbonyl (C=O) groups excluding carboxylic acids is 1. The first-order chi connectivity index (χ1) is 13.8. The van der Waals surface area contributed by atoms with Crippen molar-refractivity contribution in [1.29, 1.82) is 0 Å². The molecule has 6 nitrogen and oxygen atoms in total. The minimum absolute atomic E-state index is 0.176. The summed E-state index contributed by atoms with van der Waals surface area (Å²) >= 11 is 0. The van der Waals surface area contributed by atoms with Gasteiger partial charge in [-0.05, 0) is 68.2 Å². The van der Waals surface area contributed by atoms with Crippen molar-refractivity contribution in [1.82, 2.24) is 4.90 Å². The largest absolute Gasteiger partial charge is 0.466 e. The van der Waals surface area contributed by atoms with E-state index in [-0.39, 0.29) is 22.7 Å². The second-order valence-corrected chi connectivity index (χ2v) is 10.00. The molecule has 29 heavy (non-hydrogen) atoms. The average Bonchev–Trinajstić information content (AvgIpc) is 3.26. The van der Waals surface area contributed by atoms with Gasteiger partial charge in [0.1, 0.15) is 0 Å². The third-order valence-electron chi connectivity index (χ3n) is 8.85. The van der Waals surface area contributed by atoms with Crippen LogP contribution in [0.2, 0.25) is 0 Å². The molecule has 2 aliphatic heterocycles. The molecule has 2 spiro atoms. The number of rotatable bonds is 2. The minimum Gasteiger partial charge on any atom is -0.466 e. The quantitative estimate of drug-likeness (QED) is 0.688. The van der Waals surface area contributed by atoms with Crippen LogP contribution >= 0.6 is 0 Å². The summed E-state index contributed by atoms with van der Waals surface area (Å²) < 4.78 is 11.4. The molecule has 0 radical (unpaired) electrons. The molecule has 5 atom stereocenters. The average molecular weight is 404 g/mol. The Hall–Kier alpha value is -1.21. The monoisotopic (exact) mass is 403 g/mol. The summed E-state index contributed by atoms with van der Waals surface area (Å²) in [7, 11) is 3.61. The van der Waals surface area contributed by atoms with E-state index in [1.165, 1.54) is 12.7 Å². The molecule has 2 saturated heterocycles. The highest BCUT2D eigenvalue weighted by atomic mass is 16.6. The SMILES string of the molecule is CC[C@@]1(O)CC[C@@]2(CO1)[C@@H]1C[C@H](O)C3=C4C(=C(C(=O)OC)C[C@@]42CN(C)C1)CC3. The van der Waals surface area contributed by atoms with E-state index in [0.717, 1.165) is 55.5 Å². The summed E-state index contributed by atoms with van der Waals surface area (Å²) in [6, 6.07) is 0. The van der Waals surface area contributed by atoms with Crippen molar-refractivity contribution in [2.45, 2.75) is 63.8 Å². The smallest absolute Gasteiger partial charge is 0.334 e. The fraction of sp³-hybridized carbons (Fsp3) is 0.783. The number of ether oxygens (including phenoxy) is 2. The number of aliphatic hydroxyl groups is 2. The van der Waals surface area contributed by atoms with Gasteiger partial charge in [0.2, 0.25) is 0 Å². The highest BCUT2D eigenvalue weighted by molar-refractivity contribution is 5.92. The predicted molar refractivity (Wildman–Crippen MR) is 107 cm³/mol. The van der Waals surface area contributed by atoms with E-state index in [0.29, 0.717) is 25.9 Å². The first-order valence-corrected chi connectivity index (χ1v) is 11.1. The van der Waals surface area contributed by atoms with E-state index in [2.05, 4.69) is 11.9 Å². The lowest BCUT2D eigenvalue weighted by atomic mass is 9.50. The number of esters is 1. The zero-order valence-corrected chi connectivity index (χ0v) is 17.8. The molecule has 0 amide bonds. The summed E-state index contributed by atoms with van der Waals surface area (Å²) in [5.74, 6) is -1.02. The fourth-order valence-corrected chi connectivity index (χ4v) is 7.45. The predicted octanol–water partition coefficient (Wildman–Crippen LogP) is 2.16. The molecule has 3 aliphatic carbocycles. The van der Waals surface area contributed by atoms with Crippen molar-refractivity contribution in [3.63, 3.8) is 0 Å². The van der Waals surface area contributed by atoms with Gasteiger partial charge in [-0.2, -0.15) is 0 Å². The van der Waals surface area contributed by atoms with Gasteiger partial charge in [0, 0.05) is 35.9 Å². The maximum atomic E-state index is 12.7. The van der Waals surface area contributed by atoms with Gasteiger partial charge in [-0.15, -0.1) is 0 Å². The minimum atomic E-state index is -1.06. The third kappa shape index (κ3) is 2.46. The number of likely N-dealkylation sites (tertiary alicyclic amines) is 1. The molecular formula is C23H33NO5. The van der Waals surface area contributed by atoms with E-state index >= 15 is 0 Å². The Morgan fingerprint density at radius 1 is 1.34 bits per heavy atom. The highest BCUT2D eigenvalue weighted by Crippen LogP contribution is 2.70. The number of methoxy groups -OCH3 is 1. The van der Waals surface area contributed by atoms with Crippen LogP contribution < -0.4 is 0 Å². The Balaban J connectivity index is 1.69. The number of carbonyl (C=O) groups is 1. The van der Waals surface area contributed by atoms with Gasteiger partial charge in [0.05, 0.1) is 19.8 Å². The molecule has 0 aromatic rings. The molecule has 0 unspecified atom stereocenters. The summed E-state index contributed by atoms with van der Waals surface area (Å²) in [4.78, 5) is 15.1. The van der Waals surface area contributed by atoms with Gasteiger partial charge in [-0.25, -0.2) is 4.79 Å². The summed E-state index contributed by atoms with van der Waals surface area (Å²) in [6.45, 7) is 4.22. The molecule has 5 rings (SSSR count). The molecule has 160 valence electrons. The van der Waals surface area contributed by atoms with E-state index in [1.807, 2.05) is 6.92 Å². The molecule has 2 fully saturated rings. The van der Waals surface area contributed by atoms with Gasteiger partial charge < -0.3 is 24.6 Å². The van der Waals surface area contributed by atoms with Gasteiger partial charge in [-0.3, -0.25) is 0 Å². The molecule has 2 N–H and O–H groups in total. The maximum Gasteiger partial charge on any atom is 0.334 e. The molecule has 2 heterocycles. The maximum absolute atomic E-state index is 12.7. The Kier molecular flexibility index (Phi) is 4.35. The van der Waals surface area contributed by atoms with Crippen molar-refractivity contribution < 1.29 is 24.5 Å². The number of allylic oxidation sites excluding steroid dienone is 1. The lowest BCUT2D eigenvalue weighted by Crippen LogP contribution is -2.64. The highest BCUT2D eigenvalue weighted by Gasteiger charge is 2.67. The number of hydrogen-bond acceptors (Lipinski definition) is 6. The van der Waals surface area contributed by atoms with Gasteiger partial charge in [0.15, 0.2) is 5.79 Å². The molecule has 0 aromatic heterocycles. The van der Waals surface area contributed by atoms with Gasteiger partial charge >= 0.3 is 5.97 Å². The Morgan fingerprint density at radius 2 is 2.14 bits per heavy atom. The summed E-state index contributed by atoms with van der Waals surface area (Å²) in [5, 5.41) is 22.0.